The lowest BCUT2D eigenvalue weighted by Gasteiger charge is -2.18. The topological polar surface area (TPSA) is 80.3 Å². The van der Waals surface area contributed by atoms with Crippen molar-refractivity contribution in [1.82, 2.24) is 9.78 Å². The maximum absolute atomic E-state index is 11.4. The number of aromatic nitrogens is 2. The van der Waals surface area contributed by atoms with E-state index in [0.717, 1.165) is 30.5 Å². The SMILES string of the molecule is CCOC(=O)Cn1ncc2c1CCC[C@H]2N=N. The Hall–Kier alpha value is -1.72. The van der Waals surface area contributed by atoms with Crippen LogP contribution in [0, 0.1) is 5.53 Å². The van der Waals surface area contributed by atoms with Gasteiger partial charge in [0, 0.05) is 11.3 Å². The van der Waals surface area contributed by atoms with Gasteiger partial charge in [0.15, 0.2) is 0 Å². The van der Waals surface area contributed by atoms with Gasteiger partial charge in [0.05, 0.1) is 18.8 Å². The van der Waals surface area contributed by atoms with Crippen molar-refractivity contribution in [3.63, 3.8) is 0 Å². The molecule has 1 heterocycles. The molecular formula is C11H16N4O2. The maximum Gasteiger partial charge on any atom is 0.327 e. The Morgan fingerprint density at radius 1 is 1.76 bits per heavy atom. The van der Waals surface area contributed by atoms with Crippen molar-refractivity contribution < 1.29 is 9.53 Å². The Morgan fingerprint density at radius 2 is 2.59 bits per heavy atom. The Kier molecular flexibility index (Phi) is 3.51. The molecule has 0 radical (unpaired) electrons. The summed E-state index contributed by atoms with van der Waals surface area (Å²) in [7, 11) is 0. The highest BCUT2D eigenvalue weighted by Gasteiger charge is 2.24. The summed E-state index contributed by atoms with van der Waals surface area (Å²) < 4.78 is 6.57. The van der Waals surface area contributed by atoms with E-state index in [4.69, 9.17) is 10.3 Å². The summed E-state index contributed by atoms with van der Waals surface area (Å²) in [4.78, 5) is 11.4. The van der Waals surface area contributed by atoms with Gasteiger partial charge in [0.1, 0.15) is 6.54 Å². The highest BCUT2D eigenvalue weighted by atomic mass is 16.5. The molecule has 1 atom stereocenters. The van der Waals surface area contributed by atoms with Crippen LogP contribution in [0.25, 0.3) is 0 Å². The van der Waals surface area contributed by atoms with Gasteiger partial charge in [-0.3, -0.25) is 9.48 Å². The second kappa shape index (κ2) is 5.07. The third kappa shape index (κ3) is 2.35. The second-order valence-electron chi connectivity index (χ2n) is 4.05. The molecule has 0 amide bonds. The van der Waals surface area contributed by atoms with Crippen LogP contribution in [-0.2, 0) is 22.5 Å². The molecule has 1 aromatic heterocycles. The molecule has 1 N–H and O–H groups in total. The van der Waals surface area contributed by atoms with Crippen LogP contribution in [0.5, 0.6) is 0 Å². The lowest BCUT2D eigenvalue weighted by Crippen LogP contribution is -2.18. The van der Waals surface area contributed by atoms with Crippen LogP contribution in [0.3, 0.4) is 0 Å². The van der Waals surface area contributed by atoms with Crippen LogP contribution >= 0.6 is 0 Å². The zero-order chi connectivity index (χ0) is 12.3. The lowest BCUT2D eigenvalue weighted by atomic mass is 9.94. The molecule has 6 heteroatoms. The minimum Gasteiger partial charge on any atom is -0.465 e. The Morgan fingerprint density at radius 3 is 3.29 bits per heavy atom. The smallest absolute Gasteiger partial charge is 0.327 e. The summed E-state index contributed by atoms with van der Waals surface area (Å²) in [6.45, 7) is 2.31. The number of hydrogen-bond donors (Lipinski definition) is 1. The Labute approximate surface area is 99.5 Å². The summed E-state index contributed by atoms with van der Waals surface area (Å²) in [6.07, 6.45) is 4.48. The van der Waals surface area contributed by atoms with Gasteiger partial charge in [-0.05, 0) is 26.2 Å². The van der Waals surface area contributed by atoms with Gasteiger partial charge < -0.3 is 4.74 Å². The highest BCUT2D eigenvalue weighted by Crippen LogP contribution is 2.32. The third-order valence-electron chi connectivity index (χ3n) is 2.97. The predicted octanol–water partition coefficient (Wildman–Crippen LogP) is 1.85. The third-order valence-corrected chi connectivity index (χ3v) is 2.97. The quantitative estimate of drug-likeness (QED) is 0.640. The molecule has 0 saturated carbocycles. The average molecular weight is 236 g/mol. The zero-order valence-corrected chi connectivity index (χ0v) is 9.85. The zero-order valence-electron chi connectivity index (χ0n) is 9.85. The van der Waals surface area contributed by atoms with Crippen LogP contribution in [0.1, 0.15) is 37.1 Å². The van der Waals surface area contributed by atoms with Gasteiger partial charge in [-0.15, -0.1) is 0 Å². The average Bonchev–Trinajstić information content (AvgIpc) is 2.73. The van der Waals surface area contributed by atoms with Crippen molar-refractivity contribution in [2.45, 2.75) is 38.8 Å². The number of rotatable bonds is 4. The normalized spacial score (nSPS) is 18.5. The standard InChI is InChI=1S/C11H16N4O2/c1-2-17-11(16)7-15-10-5-3-4-9(14-12)8(10)6-13-15/h6,9,12H,2-5,7H2,1H3/t9-/m1/s1. The molecule has 92 valence electrons. The largest absolute Gasteiger partial charge is 0.465 e. The van der Waals surface area contributed by atoms with E-state index < -0.39 is 0 Å². The fraction of sp³-hybridized carbons (Fsp3) is 0.636. The molecule has 0 bridgehead atoms. The lowest BCUT2D eigenvalue weighted by molar-refractivity contribution is -0.144. The van der Waals surface area contributed by atoms with E-state index in [9.17, 15) is 4.79 Å². The van der Waals surface area contributed by atoms with Crippen molar-refractivity contribution in [1.29, 1.82) is 5.53 Å². The van der Waals surface area contributed by atoms with E-state index in [2.05, 4.69) is 10.2 Å². The molecular weight excluding hydrogens is 220 g/mol. The summed E-state index contributed by atoms with van der Waals surface area (Å²) in [5.41, 5.74) is 9.14. The maximum atomic E-state index is 11.4. The molecule has 0 saturated heterocycles. The predicted molar refractivity (Wildman–Crippen MR) is 59.7 cm³/mol. The molecule has 6 nitrogen and oxygen atoms in total. The summed E-state index contributed by atoms with van der Waals surface area (Å²) in [6, 6.07) is -0.0882. The summed E-state index contributed by atoms with van der Waals surface area (Å²) >= 11 is 0. The molecule has 0 aromatic carbocycles. The monoisotopic (exact) mass is 236 g/mol. The van der Waals surface area contributed by atoms with Crippen LogP contribution < -0.4 is 0 Å². The number of carbonyl (C=O) groups is 1. The van der Waals surface area contributed by atoms with E-state index >= 15 is 0 Å². The Bertz CT molecular complexity index is 427. The minimum absolute atomic E-state index is 0.0882. The summed E-state index contributed by atoms with van der Waals surface area (Å²) in [5, 5.41) is 7.79. The van der Waals surface area contributed by atoms with Gasteiger partial charge in [-0.1, -0.05) is 0 Å². The number of carbonyl (C=O) groups excluding carboxylic acids is 1. The van der Waals surface area contributed by atoms with E-state index in [0.29, 0.717) is 6.61 Å². The molecule has 0 unspecified atom stereocenters. The van der Waals surface area contributed by atoms with Crippen molar-refractivity contribution in [2.24, 2.45) is 5.11 Å². The molecule has 1 aromatic rings. The number of esters is 1. The number of fused-ring (bicyclic) bond motifs is 1. The van der Waals surface area contributed by atoms with E-state index in [1.807, 2.05) is 0 Å². The molecule has 1 aliphatic carbocycles. The first-order chi connectivity index (χ1) is 8.26. The number of nitrogens with zero attached hydrogens (tertiary/aromatic N) is 3. The molecule has 17 heavy (non-hydrogen) atoms. The van der Waals surface area contributed by atoms with Gasteiger partial charge >= 0.3 is 5.97 Å². The van der Waals surface area contributed by atoms with Crippen molar-refractivity contribution >= 4 is 5.97 Å². The molecule has 0 spiro atoms. The second-order valence-corrected chi connectivity index (χ2v) is 4.05. The van der Waals surface area contributed by atoms with Crippen molar-refractivity contribution in [3.05, 3.63) is 17.5 Å². The molecule has 2 rings (SSSR count). The number of ether oxygens (including phenoxy) is 1. The first-order valence-electron chi connectivity index (χ1n) is 5.83. The van der Waals surface area contributed by atoms with E-state index in [1.165, 1.54) is 0 Å². The van der Waals surface area contributed by atoms with Crippen LogP contribution in [0.4, 0.5) is 0 Å². The number of nitrogens with one attached hydrogen (secondary N) is 1. The first kappa shape index (κ1) is 11.8. The molecule has 0 aliphatic heterocycles. The van der Waals surface area contributed by atoms with Gasteiger partial charge in [-0.25, -0.2) is 5.53 Å². The van der Waals surface area contributed by atoms with Crippen molar-refractivity contribution in [2.75, 3.05) is 6.61 Å². The summed E-state index contributed by atoms with van der Waals surface area (Å²) in [5.74, 6) is -0.275. The number of hydrogen-bond acceptors (Lipinski definition) is 5. The molecule has 0 fully saturated rings. The van der Waals surface area contributed by atoms with E-state index in [1.54, 1.807) is 17.8 Å². The van der Waals surface area contributed by atoms with Crippen molar-refractivity contribution in [3.8, 4) is 0 Å². The highest BCUT2D eigenvalue weighted by molar-refractivity contribution is 5.69. The minimum atomic E-state index is -0.275. The van der Waals surface area contributed by atoms with Gasteiger partial charge in [-0.2, -0.15) is 10.2 Å². The van der Waals surface area contributed by atoms with Gasteiger partial charge in [0.2, 0.25) is 0 Å². The fourth-order valence-electron chi connectivity index (χ4n) is 2.19. The fourth-order valence-corrected chi connectivity index (χ4v) is 2.19. The Balaban J connectivity index is 2.17. The van der Waals surface area contributed by atoms with Crippen LogP contribution in [0.15, 0.2) is 11.3 Å². The van der Waals surface area contributed by atoms with Crippen LogP contribution in [0.2, 0.25) is 0 Å². The van der Waals surface area contributed by atoms with Gasteiger partial charge in [0.25, 0.3) is 0 Å². The van der Waals surface area contributed by atoms with E-state index in [-0.39, 0.29) is 18.6 Å². The van der Waals surface area contributed by atoms with Crippen LogP contribution in [-0.4, -0.2) is 22.4 Å². The molecule has 1 aliphatic rings. The first-order valence-corrected chi connectivity index (χ1v) is 5.83.